The number of carbonyl (C=O) groups excluding carboxylic acids is 1. The number of nitrogens with two attached hydrogens (primary N) is 1. The number of imidazole rings is 1. The van der Waals surface area contributed by atoms with Crippen molar-refractivity contribution in [3.63, 3.8) is 0 Å². The zero-order valence-electron chi connectivity index (χ0n) is 23.9. The molecule has 12 heteroatoms. The van der Waals surface area contributed by atoms with E-state index in [2.05, 4.69) is 64.7 Å². The van der Waals surface area contributed by atoms with Crippen LogP contribution in [0.5, 0.6) is 0 Å². The van der Waals surface area contributed by atoms with Crippen molar-refractivity contribution in [2.75, 3.05) is 12.3 Å². The van der Waals surface area contributed by atoms with E-state index in [1.165, 1.54) is 23.9 Å². The number of carbonyl (C=O) groups is 1. The van der Waals surface area contributed by atoms with Crippen LogP contribution >= 0.6 is 11.9 Å². The number of hydrogen-bond acceptors (Lipinski definition) is 10. The van der Waals surface area contributed by atoms with Gasteiger partial charge in [0.1, 0.15) is 23.8 Å². The highest BCUT2D eigenvalue weighted by molar-refractivity contribution is 7.97. The van der Waals surface area contributed by atoms with E-state index in [-0.39, 0.29) is 18.0 Å². The van der Waals surface area contributed by atoms with E-state index in [1.54, 1.807) is 12.4 Å². The number of aromatic nitrogens is 2. The van der Waals surface area contributed by atoms with Gasteiger partial charge in [-0.25, -0.2) is 24.4 Å². The summed E-state index contributed by atoms with van der Waals surface area (Å²) in [5.74, 6) is 1.44. The Hall–Kier alpha value is -3.67. The maximum Gasteiger partial charge on any atom is 0.227 e. The van der Waals surface area contributed by atoms with Gasteiger partial charge in [-0.05, 0) is 64.8 Å². The Balaban J connectivity index is 1.41. The minimum atomic E-state index is -0.316. The molecule has 2 unspecified atom stereocenters. The standard InChI is InChI=1S/C28H40N10OS/c1-6-21(11-8-7-10-19(2)3)37(30-5)22-12-9-16-36(20(22)4)23(39)13-17-40-38-28-24(26(29)33-18-34-28)25(35-38)27-31-14-15-32-27/h10-11,14-15,18,24,28H,5-9,12-13,16-17H2,1-4H3,(H,31,32)(H2,29,33,34). The molecule has 4 heterocycles. The molecule has 0 aromatic carbocycles. The van der Waals surface area contributed by atoms with E-state index >= 15 is 0 Å². The zero-order valence-corrected chi connectivity index (χ0v) is 24.7. The van der Waals surface area contributed by atoms with Gasteiger partial charge in [-0.1, -0.05) is 24.6 Å². The van der Waals surface area contributed by atoms with Crippen molar-refractivity contribution in [1.29, 1.82) is 0 Å². The van der Waals surface area contributed by atoms with Crippen LogP contribution in [0.15, 0.2) is 67.4 Å². The van der Waals surface area contributed by atoms with E-state index in [0.29, 0.717) is 36.1 Å². The molecule has 4 rings (SSSR count). The van der Waals surface area contributed by atoms with Crippen LogP contribution in [0.1, 0.15) is 72.0 Å². The average Bonchev–Trinajstić information content (AvgIpc) is 3.60. The molecule has 3 N–H and O–H groups in total. The maximum atomic E-state index is 13.4. The average molecular weight is 565 g/mol. The number of nitrogens with one attached hydrogen (secondary N) is 1. The predicted octanol–water partition coefficient (Wildman–Crippen LogP) is 4.62. The van der Waals surface area contributed by atoms with Crippen molar-refractivity contribution >= 4 is 42.5 Å². The minimum absolute atomic E-state index is 0.0796. The fourth-order valence-corrected chi connectivity index (χ4v) is 6.01. The highest BCUT2D eigenvalue weighted by Crippen LogP contribution is 2.34. The number of hydrogen-bond donors (Lipinski definition) is 2. The lowest BCUT2D eigenvalue weighted by Gasteiger charge is -2.35. The first-order valence-electron chi connectivity index (χ1n) is 13.8. The lowest BCUT2D eigenvalue weighted by Crippen LogP contribution is -2.41. The fraction of sp³-hybridized carbons (Fsp3) is 0.500. The molecule has 0 bridgehead atoms. The van der Waals surface area contributed by atoms with Gasteiger partial charge in [0.2, 0.25) is 5.91 Å². The monoisotopic (exact) mass is 564 g/mol. The van der Waals surface area contributed by atoms with Crippen molar-refractivity contribution < 1.29 is 4.79 Å². The highest BCUT2D eigenvalue weighted by atomic mass is 32.2. The Morgan fingerprint density at radius 3 is 2.85 bits per heavy atom. The Kier molecular flexibility index (Phi) is 9.97. The van der Waals surface area contributed by atoms with E-state index < -0.39 is 0 Å². The van der Waals surface area contributed by atoms with Gasteiger partial charge >= 0.3 is 0 Å². The number of nitrogens with zero attached hydrogens (tertiary/aromatic N) is 8. The van der Waals surface area contributed by atoms with Gasteiger partial charge in [0, 0.05) is 49.2 Å². The normalized spacial score (nSPS) is 20.8. The summed E-state index contributed by atoms with van der Waals surface area (Å²) in [5.41, 5.74) is 11.3. The number of amides is 1. The molecule has 40 heavy (non-hydrogen) atoms. The summed E-state index contributed by atoms with van der Waals surface area (Å²) >= 11 is 1.46. The van der Waals surface area contributed by atoms with E-state index in [1.807, 2.05) is 21.2 Å². The number of hydrazone groups is 2. The molecule has 11 nitrogen and oxygen atoms in total. The quantitative estimate of drug-likeness (QED) is 0.125. The molecular formula is C28H40N10OS. The Morgan fingerprint density at radius 2 is 2.15 bits per heavy atom. The molecule has 1 aromatic rings. The highest BCUT2D eigenvalue weighted by Gasteiger charge is 2.43. The number of aromatic amines is 1. The number of fused-ring (bicyclic) bond motifs is 1. The summed E-state index contributed by atoms with van der Waals surface area (Å²) in [5, 5.41) is 11.0. The molecule has 0 radical (unpaired) electrons. The second kappa shape index (κ2) is 13.6. The Bertz CT molecular complexity index is 1260. The van der Waals surface area contributed by atoms with Gasteiger partial charge in [-0.3, -0.25) is 4.79 Å². The lowest BCUT2D eigenvalue weighted by atomic mass is 9.99. The maximum absolute atomic E-state index is 13.4. The second-order valence-corrected chi connectivity index (χ2v) is 11.1. The molecule has 1 amide bonds. The largest absolute Gasteiger partial charge is 0.386 e. The topological polar surface area (TPSA) is 131 Å². The lowest BCUT2D eigenvalue weighted by molar-refractivity contribution is -0.129. The van der Waals surface area contributed by atoms with E-state index in [0.717, 1.165) is 49.2 Å². The van der Waals surface area contributed by atoms with Crippen molar-refractivity contribution in [3.8, 4) is 0 Å². The van der Waals surface area contributed by atoms with Gasteiger partial charge in [0.15, 0.2) is 12.0 Å². The molecule has 3 aliphatic heterocycles. The summed E-state index contributed by atoms with van der Waals surface area (Å²) in [6.07, 6.45) is 13.9. The van der Waals surface area contributed by atoms with Crippen molar-refractivity contribution in [3.05, 3.63) is 53.0 Å². The van der Waals surface area contributed by atoms with Crippen LogP contribution in [0.25, 0.3) is 0 Å². The van der Waals surface area contributed by atoms with Crippen LogP contribution in [-0.2, 0) is 4.79 Å². The summed E-state index contributed by atoms with van der Waals surface area (Å²) < 4.78 is 1.81. The Labute approximate surface area is 240 Å². The summed E-state index contributed by atoms with van der Waals surface area (Å²) in [6.45, 7) is 12.9. The van der Waals surface area contributed by atoms with Crippen LogP contribution < -0.4 is 5.73 Å². The number of H-pyrrole nitrogens is 1. The molecule has 214 valence electrons. The van der Waals surface area contributed by atoms with Crippen molar-refractivity contribution in [2.24, 2.45) is 31.8 Å². The fourth-order valence-electron chi connectivity index (χ4n) is 5.08. The van der Waals surface area contributed by atoms with Crippen molar-refractivity contribution in [1.82, 2.24) is 24.3 Å². The summed E-state index contributed by atoms with van der Waals surface area (Å²) in [4.78, 5) is 31.4. The van der Waals surface area contributed by atoms with Crippen molar-refractivity contribution in [2.45, 2.75) is 72.4 Å². The first-order valence-corrected chi connectivity index (χ1v) is 14.7. The molecule has 2 atom stereocenters. The second-order valence-electron chi connectivity index (χ2n) is 10.1. The Morgan fingerprint density at radius 1 is 1.35 bits per heavy atom. The molecule has 0 saturated heterocycles. The number of rotatable bonds is 12. The number of aliphatic imine (C=N–C) groups is 2. The molecule has 0 fully saturated rings. The van der Waals surface area contributed by atoms with Gasteiger partial charge in [0.05, 0.1) is 5.70 Å². The molecular weight excluding hydrogens is 524 g/mol. The van der Waals surface area contributed by atoms with Gasteiger partial charge in [-0.15, -0.1) is 0 Å². The molecule has 3 aliphatic rings. The van der Waals surface area contributed by atoms with Crippen LogP contribution in [0.2, 0.25) is 0 Å². The van der Waals surface area contributed by atoms with E-state index in [4.69, 9.17) is 10.8 Å². The predicted molar refractivity (Wildman–Crippen MR) is 164 cm³/mol. The first-order chi connectivity index (χ1) is 19.3. The van der Waals surface area contributed by atoms with Crippen LogP contribution in [0.3, 0.4) is 0 Å². The number of amidine groups is 1. The van der Waals surface area contributed by atoms with Crippen LogP contribution in [0, 0.1) is 5.92 Å². The number of allylic oxidation sites excluding steroid dienone is 6. The van der Waals surface area contributed by atoms with Gasteiger partial charge in [-0.2, -0.15) is 10.2 Å². The summed E-state index contributed by atoms with van der Waals surface area (Å²) in [6, 6.07) is 0. The van der Waals surface area contributed by atoms with Gasteiger partial charge < -0.3 is 15.6 Å². The molecule has 1 aromatic heterocycles. The molecule has 0 aliphatic carbocycles. The van der Waals surface area contributed by atoms with Crippen LogP contribution in [0.4, 0.5) is 0 Å². The molecule has 0 spiro atoms. The van der Waals surface area contributed by atoms with Gasteiger partial charge in [0.25, 0.3) is 0 Å². The minimum Gasteiger partial charge on any atom is -0.386 e. The SMILES string of the molecule is C=NN(C(=CCCC=C(C)C)CC)C1=C(C)N(C(=O)CCSN2N=C(c3ncc[nH]3)C3C(N)=NC=NC32)CCC1. The third kappa shape index (κ3) is 6.55. The third-order valence-corrected chi connectivity index (χ3v) is 8.05. The third-order valence-electron chi connectivity index (χ3n) is 7.10. The molecule has 0 saturated carbocycles. The summed E-state index contributed by atoms with van der Waals surface area (Å²) in [7, 11) is 0. The zero-order chi connectivity index (χ0) is 28.6. The number of unbranched alkanes of at least 4 members (excludes halogenated alkanes) is 1. The first kappa shape index (κ1) is 29.3. The van der Waals surface area contributed by atoms with E-state index in [9.17, 15) is 4.79 Å². The smallest absolute Gasteiger partial charge is 0.227 e. The van der Waals surface area contributed by atoms with Crippen LogP contribution in [-0.4, -0.2) is 73.3 Å².